The average molecular weight is 270 g/mol. The number of hydrogen-bond donors (Lipinski definition) is 3. The lowest BCUT2D eigenvalue weighted by atomic mass is 10.1. The number of nitrogen functional groups attached to an aromatic ring is 1. The molecule has 0 saturated heterocycles. The van der Waals surface area contributed by atoms with Crippen LogP contribution < -0.4 is 16.7 Å². The summed E-state index contributed by atoms with van der Waals surface area (Å²) in [4.78, 5) is 11.4. The molecule has 0 fully saturated rings. The molecule has 0 radical (unpaired) electrons. The highest BCUT2D eigenvalue weighted by Crippen LogP contribution is 2.16. The van der Waals surface area contributed by atoms with E-state index in [-0.39, 0.29) is 5.69 Å². The van der Waals surface area contributed by atoms with Crippen molar-refractivity contribution < 1.29 is 0 Å². The van der Waals surface area contributed by atoms with Crippen LogP contribution in [0, 0.1) is 6.92 Å². The van der Waals surface area contributed by atoms with E-state index in [0.717, 1.165) is 16.8 Å². The van der Waals surface area contributed by atoms with Crippen molar-refractivity contribution in [2.45, 2.75) is 13.5 Å². The maximum Gasteiger partial charge on any atom is 0.364 e. The second-order valence-electron chi connectivity index (χ2n) is 4.50. The van der Waals surface area contributed by atoms with Crippen LogP contribution in [0.15, 0.2) is 35.1 Å². The van der Waals surface area contributed by atoms with Crippen LogP contribution in [0.25, 0.3) is 5.65 Å². The quantitative estimate of drug-likeness (QED) is 0.614. The number of anilines is 2. The van der Waals surface area contributed by atoms with Crippen molar-refractivity contribution in [3.8, 4) is 0 Å². The topological polar surface area (TPSA) is 101 Å². The Kier molecular flexibility index (Phi) is 2.86. The van der Waals surface area contributed by atoms with E-state index in [1.165, 1.54) is 4.52 Å². The van der Waals surface area contributed by atoms with Gasteiger partial charge in [-0.2, -0.15) is 9.61 Å². The van der Waals surface area contributed by atoms with Gasteiger partial charge in [-0.15, -0.1) is 5.10 Å². The summed E-state index contributed by atoms with van der Waals surface area (Å²) >= 11 is 0. The first-order valence-electron chi connectivity index (χ1n) is 6.17. The molecule has 1 aromatic carbocycles. The summed E-state index contributed by atoms with van der Waals surface area (Å²) in [7, 11) is 0. The van der Waals surface area contributed by atoms with E-state index >= 15 is 0 Å². The fourth-order valence-corrected chi connectivity index (χ4v) is 1.98. The van der Waals surface area contributed by atoms with Crippen LogP contribution in [-0.4, -0.2) is 19.8 Å². The van der Waals surface area contributed by atoms with Crippen LogP contribution in [0.2, 0.25) is 0 Å². The van der Waals surface area contributed by atoms with E-state index in [4.69, 9.17) is 5.73 Å². The molecule has 0 aliphatic heterocycles. The lowest BCUT2D eigenvalue weighted by Crippen LogP contribution is -2.14. The highest BCUT2D eigenvalue weighted by molar-refractivity contribution is 5.51. The molecule has 7 nitrogen and oxygen atoms in total. The normalized spacial score (nSPS) is 10.8. The predicted molar refractivity (Wildman–Crippen MR) is 76.5 cm³/mol. The molecule has 7 heteroatoms. The molecule has 0 aliphatic rings. The average Bonchev–Trinajstić information content (AvgIpc) is 2.82. The Morgan fingerprint density at radius 2 is 2.20 bits per heavy atom. The number of aromatic amines is 1. The second kappa shape index (κ2) is 4.69. The van der Waals surface area contributed by atoms with Gasteiger partial charge in [-0.05, 0) is 36.2 Å². The van der Waals surface area contributed by atoms with Gasteiger partial charge in [0.15, 0.2) is 5.65 Å². The van der Waals surface area contributed by atoms with E-state index in [2.05, 4.69) is 20.6 Å². The summed E-state index contributed by atoms with van der Waals surface area (Å²) in [6, 6.07) is 9.28. The van der Waals surface area contributed by atoms with Crippen molar-refractivity contribution >= 4 is 17.2 Å². The molecule has 2 heterocycles. The zero-order chi connectivity index (χ0) is 14.1. The molecule has 0 unspecified atom stereocenters. The van der Waals surface area contributed by atoms with Gasteiger partial charge in [-0.1, -0.05) is 12.1 Å². The highest BCUT2D eigenvalue weighted by Gasteiger charge is 2.04. The lowest BCUT2D eigenvalue weighted by molar-refractivity contribution is 0.875. The summed E-state index contributed by atoms with van der Waals surface area (Å²) in [5.74, 6) is 0.600. The first-order chi connectivity index (χ1) is 9.65. The summed E-state index contributed by atoms with van der Waals surface area (Å²) in [5.41, 5.74) is 8.89. The molecule has 0 amide bonds. The smallest absolute Gasteiger partial charge is 0.364 e. The van der Waals surface area contributed by atoms with E-state index in [9.17, 15) is 4.79 Å². The van der Waals surface area contributed by atoms with Gasteiger partial charge in [0, 0.05) is 12.2 Å². The molecule has 4 N–H and O–H groups in total. The fraction of sp³-hybridized carbons (Fsp3) is 0.154. The van der Waals surface area contributed by atoms with Gasteiger partial charge < -0.3 is 11.1 Å². The number of hydrogen-bond acceptors (Lipinski definition) is 5. The van der Waals surface area contributed by atoms with Crippen LogP contribution >= 0.6 is 0 Å². The first-order valence-corrected chi connectivity index (χ1v) is 6.17. The molecule has 102 valence electrons. The molecule has 0 spiro atoms. The minimum absolute atomic E-state index is 0.358. The molecule has 0 atom stereocenters. The van der Waals surface area contributed by atoms with Crippen molar-refractivity contribution in [1.29, 1.82) is 0 Å². The zero-order valence-corrected chi connectivity index (χ0v) is 10.9. The Morgan fingerprint density at radius 3 is 3.05 bits per heavy atom. The second-order valence-corrected chi connectivity index (χ2v) is 4.50. The molecule has 0 bridgehead atoms. The Balaban J connectivity index is 1.84. The third-order valence-corrected chi connectivity index (χ3v) is 3.22. The molecule has 20 heavy (non-hydrogen) atoms. The molecular formula is C13H14N6O. The number of aromatic nitrogens is 4. The first kappa shape index (κ1) is 12.2. The maximum absolute atomic E-state index is 11.4. The van der Waals surface area contributed by atoms with Crippen molar-refractivity contribution in [1.82, 2.24) is 19.8 Å². The number of H-pyrrole nitrogens is 1. The van der Waals surface area contributed by atoms with E-state index < -0.39 is 0 Å². The van der Waals surface area contributed by atoms with Crippen LogP contribution in [0.4, 0.5) is 11.5 Å². The Bertz CT molecular complexity index is 819. The van der Waals surface area contributed by atoms with Crippen LogP contribution in [-0.2, 0) is 6.54 Å². The van der Waals surface area contributed by atoms with E-state index in [1.807, 2.05) is 25.1 Å². The summed E-state index contributed by atoms with van der Waals surface area (Å²) in [5, 5.41) is 13.5. The number of nitrogens with one attached hydrogen (secondary N) is 2. The monoisotopic (exact) mass is 270 g/mol. The van der Waals surface area contributed by atoms with E-state index in [0.29, 0.717) is 18.0 Å². The van der Waals surface area contributed by atoms with Crippen molar-refractivity contribution in [3.05, 3.63) is 51.9 Å². The minimum Gasteiger partial charge on any atom is -0.399 e. The Morgan fingerprint density at radius 1 is 1.35 bits per heavy atom. The number of benzene rings is 1. The molecule has 3 rings (SSSR count). The number of nitrogens with two attached hydrogens (primary N) is 1. The van der Waals surface area contributed by atoms with Gasteiger partial charge in [0.2, 0.25) is 0 Å². The Hall–Kier alpha value is -2.83. The minimum atomic E-state index is -0.358. The fourth-order valence-electron chi connectivity index (χ4n) is 1.98. The van der Waals surface area contributed by atoms with E-state index in [1.54, 1.807) is 12.1 Å². The van der Waals surface area contributed by atoms with Gasteiger partial charge in [0.25, 0.3) is 0 Å². The molecule has 2 aromatic heterocycles. The number of fused-ring (bicyclic) bond motifs is 1. The van der Waals surface area contributed by atoms with Gasteiger partial charge in [0.05, 0.1) is 0 Å². The SMILES string of the molecule is Cc1c(N)cccc1CNc1ccc2n[nH]c(=O)n2n1. The van der Waals surface area contributed by atoms with Crippen molar-refractivity contribution in [2.24, 2.45) is 0 Å². The largest absolute Gasteiger partial charge is 0.399 e. The predicted octanol–water partition coefficient (Wildman–Crippen LogP) is 0.920. The van der Waals surface area contributed by atoms with Crippen molar-refractivity contribution in [3.63, 3.8) is 0 Å². The third-order valence-electron chi connectivity index (χ3n) is 3.22. The summed E-state index contributed by atoms with van der Waals surface area (Å²) in [6.45, 7) is 2.56. The number of nitrogens with zero attached hydrogens (tertiary/aromatic N) is 3. The molecule has 3 aromatic rings. The summed E-state index contributed by atoms with van der Waals surface area (Å²) in [6.07, 6.45) is 0. The van der Waals surface area contributed by atoms with Crippen LogP contribution in [0.3, 0.4) is 0 Å². The highest BCUT2D eigenvalue weighted by atomic mass is 16.2. The van der Waals surface area contributed by atoms with Crippen molar-refractivity contribution in [2.75, 3.05) is 11.1 Å². The van der Waals surface area contributed by atoms with Crippen LogP contribution in [0.5, 0.6) is 0 Å². The van der Waals surface area contributed by atoms with Gasteiger partial charge in [-0.3, -0.25) is 0 Å². The summed E-state index contributed by atoms with van der Waals surface area (Å²) < 4.78 is 1.22. The van der Waals surface area contributed by atoms with Crippen LogP contribution in [0.1, 0.15) is 11.1 Å². The molecule has 0 aliphatic carbocycles. The zero-order valence-electron chi connectivity index (χ0n) is 10.9. The molecule has 0 saturated carbocycles. The third kappa shape index (κ3) is 2.09. The number of rotatable bonds is 3. The standard InChI is InChI=1S/C13H14N6O/c1-8-9(3-2-4-10(8)14)7-15-11-5-6-12-16-17-13(20)19(12)18-11/h2-6H,7,14H2,1H3,(H,15,18)(H,17,20). The van der Waals surface area contributed by atoms with Gasteiger partial charge in [0.1, 0.15) is 5.82 Å². The van der Waals surface area contributed by atoms with Gasteiger partial charge in [-0.25, -0.2) is 9.89 Å². The Labute approximate surface area is 114 Å². The maximum atomic E-state index is 11.4. The van der Waals surface area contributed by atoms with Gasteiger partial charge >= 0.3 is 5.69 Å². The molecular weight excluding hydrogens is 256 g/mol. The lowest BCUT2D eigenvalue weighted by Gasteiger charge is -2.10.